The first-order chi connectivity index (χ1) is 5.16. The fourth-order valence-corrected chi connectivity index (χ4v) is 1.27. The fraction of sp³-hybridized carbons (Fsp3) is 0.875. The molecule has 0 saturated carbocycles. The monoisotopic (exact) mass is 157 g/mol. The normalized spacial score (nSPS) is 27.6. The zero-order valence-corrected chi connectivity index (χ0v) is 6.87. The van der Waals surface area contributed by atoms with E-state index >= 15 is 0 Å². The molecular formula is C8H13O3-. The van der Waals surface area contributed by atoms with Crippen molar-refractivity contribution in [2.75, 3.05) is 6.61 Å². The topological polar surface area (TPSA) is 52.7 Å². The molecule has 1 aliphatic rings. The number of ether oxygens (including phenoxy) is 1. The molecule has 0 aliphatic carbocycles. The van der Waals surface area contributed by atoms with E-state index < -0.39 is 11.9 Å². The highest BCUT2D eigenvalue weighted by molar-refractivity contribution is 5.69. The summed E-state index contributed by atoms with van der Waals surface area (Å²) in [6.45, 7) is 4.48. The van der Waals surface area contributed by atoms with Crippen molar-refractivity contribution in [2.45, 2.75) is 26.4 Å². The van der Waals surface area contributed by atoms with Gasteiger partial charge in [-0.3, -0.25) is 0 Å². The molecule has 1 fully saturated rings. The molecule has 0 aromatic rings. The maximum Gasteiger partial charge on any atom is 0.0892 e. The van der Waals surface area contributed by atoms with Crippen LogP contribution in [-0.2, 0) is 9.53 Å². The highest BCUT2D eigenvalue weighted by atomic mass is 16.6. The highest BCUT2D eigenvalue weighted by Crippen LogP contribution is 2.28. The largest absolute Gasteiger partial charge is 0.550 e. The maximum atomic E-state index is 10.6. The van der Waals surface area contributed by atoms with Gasteiger partial charge >= 0.3 is 0 Å². The third-order valence-electron chi connectivity index (χ3n) is 2.29. The molecule has 0 N–H and O–H groups in total. The van der Waals surface area contributed by atoms with Crippen molar-refractivity contribution < 1.29 is 14.6 Å². The Kier molecular flexibility index (Phi) is 2.49. The van der Waals surface area contributed by atoms with E-state index in [1.54, 1.807) is 0 Å². The number of carbonyl (C=O) groups is 1. The van der Waals surface area contributed by atoms with E-state index in [4.69, 9.17) is 4.74 Å². The minimum atomic E-state index is -0.971. The van der Waals surface area contributed by atoms with Crippen LogP contribution in [0, 0.1) is 11.8 Å². The van der Waals surface area contributed by atoms with E-state index in [2.05, 4.69) is 0 Å². The molecule has 1 saturated heterocycles. The SMILES string of the molecule is CCC(C)C(C(=O)[O-])C1CO1. The van der Waals surface area contributed by atoms with Gasteiger partial charge in [0.15, 0.2) is 0 Å². The highest BCUT2D eigenvalue weighted by Gasteiger charge is 2.36. The van der Waals surface area contributed by atoms with Crippen LogP contribution in [0.25, 0.3) is 0 Å². The number of hydrogen-bond acceptors (Lipinski definition) is 3. The average molecular weight is 157 g/mol. The first kappa shape index (κ1) is 8.53. The molecule has 0 aromatic carbocycles. The van der Waals surface area contributed by atoms with E-state index in [1.807, 2.05) is 13.8 Å². The molecule has 64 valence electrons. The lowest BCUT2D eigenvalue weighted by Crippen LogP contribution is -2.38. The third kappa shape index (κ3) is 1.93. The summed E-state index contributed by atoms with van der Waals surface area (Å²) in [6, 6.07) is 0. The standard InChI is InChI=1S/C8H14O3/c1-3-5(2)7(8(9)10)6-4-11-6/h5-7H,3-4H2,1-2H3,(H,9,10)/p-1. The lowest BCUT2D eigenvalue weighted by atomic mass is 9.89. The van der Waals surface area contributed by atoms with Crippen LogP contribution in [0.3, 0.4) is 0 Å². The Morgan fingerprint density at radius 3 is 2.64 bits per heavy atom. The smallest absolute Gasteiger partial charge is 0.0892 e. The molecule has 0 radical (unpaired) electrons. The van der Waals surface area contributed by atoms with E-state index in [9.17, 15) is 9.90 Å². The predicted octanol–water partition coefficient (Wildman–Crippen LogP) is -0.203. The van der Waals surface area contributed by atoms with Crippen LogP contribution in [0.15, 0.2) is 0 Å². The van der Waals surface area contributed by atoms with Crippen molar-refractivity contribution in [1.29, 1.82) is 0 Å². The molecule has 3 nitrogen and oxygen atoms in total. The van der Waals surface area contributed by atoms with Gasteiger partial charge in [0.1, 0.15) is 0 Å². The summed E-state index contributed by atoms with van der Waals surface area (Å²) in [7, 11) is 0. The van der Waals surface area contributed by atoms with Gasteiger partial charge in [0, 0.05) is 11.9 Å². The van der Waals surface area contributed by atoms with Crippen molar-refractivity contribution >= 4 is 5.97 Å². The van der Waals surface area contributed by atoms with Crippen LogP contribution in [0.2, 0.25) is 0 Å². The summed E-state index contributed by atoms with van der Waals surface area (Å²) in [5.74, 6) is -1.21. The van der Waals surface area contributed by atoms with Crippen molar-refractivity contribution in [2.24, 2.45) is 11.8 Å². The molecular weight excluding hydrogens is 144 g/mol. The van der Waals surface area contributed by atoms with Gasteiger partial charge in [-0.1, -0.05) is 20.3 Å². The molecule has 1 aliphatic heterocycles. The molecule has 0 aromatic heterocycles. The number of hydrogen-bond donors (Lipinski definition) is 0. The lowest BCUT2D eigenvalue weighted by Gasteiger charge is -2.21. The number of aliphatic carboxylic acids is 1. The van der Waals surface area contributed by atoms with E-state index in [0.717, 1.165) is 6.42 Å². The molecule has 0 bridgehead atoms. The van der Waals surface area contributed by atoms with Gasteiger partial charge in [-0.05, 0) is 5.92 Å². The number of carbonyl (C=O) groups excluding carboxylic acids is 1. The summed E-state index contributed by atoms with van der Waals surface area (Å²) in [5.41, 5.74) is 0. The lowest BCUT2D eigenvalue weighted by molar-refractivity contribution is -0.313. The molecule has 0 amide bonds. The first-order valence-electron chi connectivity index (χ1n) is 3.99. The summed E-state index contributed by atoms with van der Waals surface area (Å²) >= 11 is 0. The first-order valence-corrected chi connectivity index (χ1v) is 3.99. The number of epoxide rings is 1. The molecule has 3 unspecified atom stereocenters. The van der Waals surface area contributed by atoms with Crippen molar-refractivity contribution in [3.8, 4) is 0 Å². The minimum Gasteiger partial charge on any atom is -0.550 e. The van der Waals surface area contributed by atoms with Crippen molar-refractivity contribution in [3.05, 3.63) is 0 Å². The van der Waals surface area contributed by atoms with Crippen LogP contribution in [0.5, 0.6) is 0 Å². The Morgan fingerprint density at radius 1 is 1.82 bits per heavy atom. The number of rotatable bonds is 4. The van der Waals surface area contributed by atoms with Crippen LogP contribution >= 0.6 is 0 Å². The second-order valence-corrected chi connectivity index (χ2v) is 3.10. The van der Waals surface area contributed by atoms with Gasteiger partial charge in [-0.25, -0.2) is 0 Å². The van der Waals surface area contributed by atoms with E-state index in [0.29, 0.717) is 6.61 Å². The molecule has 1 rings (SSSR count). The van der Waals surface area contributed by atoms with Gasteiger partial charge in [0.25, 0.3) is 0 Å². The Hall–Kier alpha value is -0.570. The Morgan fingerprint density at radius 2 is 2.36 bits per heavy atom. The quantitative estimate of drug-likeness (QED) is 0.531. The second-order valence-electron chi connectivity index (χ2n) is 3.10. The van der Waals surface area contributed by atoms with Crippen LogP contribution < -0.4 is 5.11 Å². The second kappa shape index (κ2) is 3.22. The van der Waals surface area contributed by atoms with Gasteiger partial charge in [-0.2, -0.15) is 0 Å². The van der Waals surface area contributed by atoms with E-state index in [1.165, 1.54) is 0 Å². The number of carboxylic acids is 1. The van der Waals surface area contributed by atoms with Gasteiger partial charge in [0.05, 0.1) is 12.7 Å². The average Bonchev–Trinajstić information content (AvgIpc) is 2.71. The Labute approximate surface area is 66.4 Å². The molecule has 3 atom stereocenters. The molecule has 11 heavy (non-hydrogen) atoms. The van der Waals surface area contributed by atoms with E-state index in [-0.39, 0.29) is 12.0 Å². The van der Waals surface area contributed by atoms with Gasteiger partial charge in [0.2, 0.25) is 0 Å². The number of carboxylic acid groups (broad SMARTS) is 1. The molecule has 3 heteroatoms. The molecule has 0 spiro atoms. The summed E-state index contributed by atoms with van der Waals surface area (Å²) in [5, 5.41) is 10.6. The predicted molar refractivity (Wildman–Crippen MR) is 37.7 cm³/mol. The zero-order chi connectivity index (χ0) is 8.43. The fourth-order valence-electron chi connectivity index (χ4n) is 1.27. The minimum absolute atomic E-state index is 0.0741. The van der Waals surface area contributed by atoms with Crippen LogP contribution in [0.1, 0.15) is 20.3 Å². The summed E-state index contributed by atoms with van der Waals surface area (Å²) in [6.07, 6.45) is 0.786. The van der Waals surface area contributed by atoms with Crippen molar-refractivity contribution in [3.63, 3.8) is 0 Å². The van der Waals surface area contributed by atoms with Gasteiger partial charge in [-0.15, -0.1) is 0 Å². The Balaban J connectivity index is 2.50. The van der Waals surface area contributed by atoms with Crippen LogP contribution in [-0.4, -0.2) is 18.7 Å². The van der Waals surface area contributed by atoms with Gasteiger partial charge < -0.3 is 14.6 Å². The van der Waals surface area contributed by atoms with Crippen molar-refractivity contribution in [1.82, 2.24) is 0 Å². The zero-order valence-electron chi connectivity index (χ0n) is 6.87. The Bertz CT molecular complexity index is 151. The van der Waals surface area contributed by atoms with Crippen LogP contribution in [0.4, 0.5) is 0 Å². The summed E-state index contributed by atoms with van der Waals surface area (Å²) < 4.78 is 4.93. The maximum absolute atomic E-state index is 10.6. The summed E-state index contributed by atoms with van der Waals surface area (Å²) in [4.78, 5) is 10.6. The third-order valence-corrected chi connectivity index (χ3v) is 2.29. The molecule has 1 heterocycles.